The number of benzene rings is 2. The van der Waals surface area contributed by atoms with Crippen molar-refractivity contribution in [1.82, 2.24) is 9.88 Å². The van der Waals surface area contributed by atoms with Gasteiger partial charge in [0.25, 0.3) is 5.91 Å². The molecular formula is C19H18Cl3N3O3S. The van der Waals surface area contributed by atoms with Crippen LogP contribution in [0, 0.1) is 0 Å². The molecule has 0 fully saturated rings. The molecule has 0 unspecified atom stereocenters. The molecule has 0 N–H and O–H groups in total. The number of hydrogen-bond acceptors (Lipinski definition) is 6. The van der Waals surface area contributed by atoms with E-state index < -0.39 is 0 Å². The van der Waals surface area contributed by atoms with E-state index in [9.17, 15) is 4.79 Å². The van der Waals surface area contributed by atoms with Crippen LogP contribution in [0.15, 0.2) is 30.3 Å². The van der Waals surface area contributed by atoms with E-state index in [0.29, 0.717) is 45.3 Å². The standard InChI is InChI=1S/C19H17Cl2N3O3S.ClH/c1-23(2)5-6-24(18(25)12-4-3-11(20)7-13(12)21)19-22-14-8-15-16(27-10-26-15)9-17(14)28-19;/h3-4,7-9H,5-6,10H2,1-2H3;1H. The number of aromatic nitrogens is 1. The summed E-state index contributed by atoms with van der Waals surface area (Å²) in [4.78, 5) is 21.6. The van der Waals surface area contributed by atoms with Gasteiger partial charge in [-0.2, -0.15) is 0 Å². The Morgan fingerprint density at radius 1 is 1.14 bits per heavy atom. The van der Waals surface area contributed by atoms with Crippen molar-refractivity contribution in [2.45, 2.75) is 0 Å². The maximum Gasteiger partial charge on any atom is 0.261 e. The van der Waals surface area contributed by atoms with Gasteiger partial charge in [0.05, 0.1) is 20.8 Å². The molecule has 10 heteroatoms. The van der Waals surface area contributed by atoms with Crippen LogP contribution in [0.2, 0.25) is 10.0 Å². The van der Waals surface area contributed by atoms with Gasteiger partial charge in [0.15, 0.2) is 16.6 Å². The molecule has 0 aliphatic carbocycles. The molecule has 1 amide bonds. The second-order valence-corrected chi connectivity index (χ2v) is 8.41. The zero-order chi connectivity index (χ0) is 19.8. The summed E-state index contributed by atoms with van der Waals surface area (Å²) in [6.07, 6.45) is 0. The number of carbonyl (C=O) groups excluding carboxylic acids is 1. The van der Waals surface area contributed by atoms with Crippen molar-refractivity contribution in [3.05, 3.63) is 45.9 Å². The zero-order valence-corrected chi connectivity index (χ0v) is 18.8. The number of ether oxygens (including phenoxy) is 2. The molecule has 3 aromatic rings. The van der Waals surface area contributed by atoms with E-state index in [1.54, 1.807) is 23.1 Å². The van der Waals surface area contributed by atoms with Gasteiger partial charge in [-0.15, -0.1) is 12.4 Å². The lowest BCUT2D eigenvalue weighted by Crippen LogP contribution is -2.36. The molecule has 154 valence electrons. The van der Waals surface area contributed by atoms with Gasteiger partial charge < -0.3 is 14.4 Å². The predicted octanol–water partition coefficient (Wildman–Crippen LogP) is 4.96. The Balaban J connectivity index is 0.00000240. The second-order valence-electron chi connectivity index (χ2n) is 6.55. The van der Waals surface area contributed by atoms with Gasteiger partial charge in [0, 0.05) is 30.2 Å². The molecule has 29 heavy (non-hydrogen) atoms. The Morgan fingerprint density at radius 2 is 1.86 bits per heavy atom. The van der Waals surface area contributed by atoms with E-state index in [1.165, 1.54) is 11.3 Å². The predicted molar refractivity (Wildman–Crippen MR) is 120 cm³/mol. The number of nitrogens with zero attached hydrogens (tertiary/aromatic N) is 3. The van der Waals surface area contributed by atoms with Crippen LogP contribution < -0.4 is 14.4 Å². The summed E-state index contributed by atoms with van der Waals surface area (Å²) in [7, 11) is 3.91. The summed E-state index contributed by atoms with van der Waals surface area (Å²) in [5, 5.41) is 1.39. The SMILES string of the molecule is CN(C)CCN(C(=O)c1ccc(Cl)cc1Cl)c1nc2cc3c(cc2s1)OCO3.Cl. The molecular weight excluding hydrogens is 457 g/mol. The fraction of sp³-hybridized carbons (Fsp3) is 0.263. The quantitative estimate of drug-likeness (QED) is 0.523. The highest BCUT2D eigenvalue weighted by molar-refractivity contribution is 7.22. The van der Waals surface area contributed by atoms with Crippen LogP contribution in [0.25, 0.3) is 10.2 Å². The number of hydrogen-bond donors (Lipinski definition) is 0. The summed E-state index contributed by atoms with van der Waals surface area (Å²) in [5.41, 5.74) is 1.15. The lowest BCUT2D eigenvalue weighted by Gasteiger charge is -2.22. The van der Waals surface area contributed by atoms with Crippen molar-refractivity contribution in [3.63, 3.8) is 0 Å². The minimum atomic E-state index is -0.220. The number of rotatable bonds is 5. The van der Waals surface area contributed by atoms with Crippen LogP contribution in [0.3, 0.4) is 0 Å². The molecule has 0 saturated carbocycles. The van der Waals surface area contributed by atoms with E-state index in [0.717, 1.165) is 10.2 Å². The average molecular weight is 475 g/mol. The van der Waals surface area contributed by atoms with Gasteiger partial charge in [0.2, 0.25) is 6.79 Å². The van der Waals surface area contributed by atoms with Gasteiger partial charge in [-0.25, -0.2) is 4.98 Å². The van der Waals surface area contributed by atoms with Gasteiger partial charge >= 0.3 is 0 Å². The van der Waals surface area contributed by atoms with Crippen LogP contribution in [0.4, 0.5) is 5.13 Å². The van der Waals surface area contributed by atoms with Crippen molar-refractivity contribution >= 4 is 68.2 Å². The first-order valence-electron chi connectivity index (χ1n) is 8.54. The first kappa shape index (κ1) is 21.9. The Labute approximate surface area is 188 Å². The lowest BCUT2D eigenvalue weighted by atomic mass is 10.2. The van der Waals surface area contributed by atoms with Crippen molar-refractivity contribution in [2.75, 3.05) is 38.9 Å². The van der Waals surface area contributed by atoms with Gasteiger partial charge in [-0.05, 0) is 32.3 Å². The van der Waals surface area contributed by atoms with Gasteiger partial charge in [-0.1, -0.05) is 34.5 Å². The first-order chi connectivity index (χ1) is 13.4. The number of anilines is 1. The summed E-state index contributed by atoms with van der Waals surface area (Å²) in [6, 6.07) is 8.59. The molecule has 0 saturated heterocycles. The zero-order valence-electron chi connectivity index (χ0n) is 15.6. The maximum atomic E-state index is 13.3. The fourth-order valence-electron chi connectivity index (χ4n) is 2.81. The number of likely N-dealkylation sites (N-methyl/N-ethyl adjacent to an activating group) is 1. The monoisotopic (exact) mass is 473 g/mol. The van der Waals surface area contributed by atoms with Crippen LogP contribution in [-0.4, -0.2) is 49.8 Å². The molecule has 1 aromatic heterocycles. The summed E-state index contributed by atoms with van der Waals surface area (Å²) in [6.45, 7) is 1.36. The molecule has 0 bridgehead atoms. The largest absolute Gasteiger partial charge is 0.454 e. The van der Waals surface area contributed by atoms with Crippen LogP contribution >= 0.6 is 46.9 Å². The van der Waals surface area contributed by atoms with E-state index in [1.807, 2.05) is 31.1 Å². The molecule has 1 aliphatic rings. The highest BCUT2D eigenvalue weighted by Gasteiger charge is 2.24. The second kappa shape index (κ2) is 8.93. The van der Waals surface area contributed by atoms with Crippen LogP contribution in [0.5, 0.6) is 11.5 Å². The van der Waals surface area contributed by atoms with E-state index in [2.05, 4.69) is 4.98 Å². The molecule has 1 aliphatic heterocycles. The molecule has 0 radical (unpaired) electrons. The third-order valence-electron chi connectivity index (χ3n) is 4.28. The van der Waals surface area contributed by atoms with E-state index in [-0.39, 0.29) is 25.1 Å². The Kier molecular flexibility index (Phi) is 6.76. The minimum Gasteiger partial charge on any atom is -0.454 e. The minimum absolute atomic E-state index is 0. The van der Waals surface area contributed by atoms with Gasteiger partial charge in [0.1, 0.15) is 0 Å². The van der Waals surface area contributed by atoms with Crippen molar-refractivity contribution in [3.8, 4) is 11.5 Å². The summed E-state index contributed by atoms with van der Waals surface area (Å²) >= 11 is 13.7. The number of fused-ring (bicyclic) bond motifs is 2. The van der Waals surface area contributed by atoms with Crippen LogP contribution in [-0.2, 0) is 0 Å². The number of halogens is 3. The topological polar surface area (TPSA) is 54.9 Å². The number of carbonyl (C=O) groups is 1. The smallest absolute Gasteiger partial charge is 0.261 e. The highest BCUT2D eigenvalue weighted by atomic mass is 35.5. The van der Waals surface area contributed by atoms with Crippen molar-refractivity contribution < 1.29 is 14.3 Å². The van der Waals surface area contributed by atoms with Crippen LogP contribution in [0.1, 0.15) is 10.4 Å². The van der Waals surface area contributed by atoms with E-state index >= 15 is 0 Å². The number of thiazole rings is 1. The molecule has 2 heterocycles. The number of amides is 1. The average Bonchev–Trinajstić information content (AvgIpc) is 3.24. The molecule has 0 spiro atoms. The maximum absolute atomic E-state index is 13.3. The fourth-order valence-corrected chi connectivity index (χ4v) is 4.30. The van der Waals surface area contributed by atoms with Gasteiger partial charge in [-0.3, -0.25) is 9.69 Å². The van der Waals surface area contributed by atoms with Crippen molar-refractivity contribution in [2.24, 2.45) is 0 Å². The Bertz CT molecular complexity index is 1020. The summed E-state index contributed by atoms with van der Waals surface area (Å²) in [5.74, 6) is 1.13. The third kappa shape index (κ3) is 4.54. The third-order valence-corrected chi connectivity index (χ3v) is 5.87. The Morgan fingerprint density at radius 3 is 2.55 bits per heavy atom. The van der Waals surface area contributed by atoms with E-state index in [4.69, 9.17) is 32.7 Å². The molecule has 4 rings (SSSR count). The lowest BCUT2D eigenvalue weighted by molar-refractivity contribution is 0.0985. The molecule has 6 nitrogen and oxygen atoms in total. The Hall–Kier alpha value is -1.77. The first-order valence-corrected chi connectivity index (χ1v) is 10.1. The normalized spacial score (nSPS) is 12.3. The molecule has 2 aromatic carbocycles. The van der Waals surface area contributed by atoms with Crippen molar-refractivity contribution in [1.29, 1.82) is 0 Å². The summed E-state index contributed by atoms with van der Waals surface area (Å²) < 4.78 is 11.8. The highest BCUT2D eigenvalue weighted by Crippen LogP contribution is 2.40. The molecule has 0 atom stereocenters.